The summed E-state index contributed by atoms with van der Waals surface area (Å²) in [5, 5.41) is 5.54. The molecule has 0 saturated carbocycles. The number of anilines is 2. The van der Waals surface area contributed by atoms with Crippen molar-refractivity contribution in [3.63, 3.8) is 0 Å². The topological polar surface area (TPSA) is 41.1 Å². The van der Waals surface area contributed by atoms with Crippen LogP contribution in [0.15, 0.2) is 48.5 Å². The average molecular weight is 258 g/mol. The van der Waals surface area contributed by atoms with Gasteiger partial charge in [0.25, 0.3) is 0 Å². The fraction of sp³-hybridized carbons (Fsp3) is 0.133. The Morgan fingerprint density at radius 2 is 1.84 bits per heavy atom. The molecule has 3 nitrogen and oxygen atoms in total. The maximum absolute atomic E-state index is 13.5. The third-order valence-corrected chi connectivity index (χ3v) is 2.71. The maximum Gasteiger partial charge on any atom is 0.243 e. The van der Waals surface area contributed by atoms with Gasteiger partial charge in [0.1, 0.15) is 5.82 Å². The van der Waals surface area contributed by atoms with Gasteiger partial charge in [-0.2, -0.15) is 0 Å². The van der Waals surface area contributed by atoms with Crippen molar-refractivity contribution in [3.8, 4) is 0 Å². The highest BCUT2D eigenvalue weighted by Crippen LogP contribution is 2.18. The Labute approximate surface area is 111 Å². The molecule has 2 N–H and O–H groups in total. The van der Waals surface area contributed by atoms with Crippen molar-refractivity contribution >= 4 is 17.3 Å². The molecule has 0 aliphatic heterocycles. The van der Waals surface area contributed by atoms with Crippen LogP contribution in [-0.2, 0) is 4.79 Å². The van der Waals surface area contributed by atoms with Crippen LogP contribution in [-0.4, -0.2) is 12.5 Å². The van der Waals surface area contributed by atoms with E-state index in [4.69, 9.17) is 0 Å². The van der Waals surface area contributed by atoms with E-state index in [2.05, 4.69) is 10.6 Å². The highest BCUT2D eigenvalue weighted by Gasteiger charge is 2.07. The van der Waals surface area contributed by atoms with Crippen molar-refractivity contribution in [2.24, 2.45) is 0 Å². The van der Waals surface area contributed by atoms with Crippen LogP contribution in [0.25, 0.3) is 0 Å². The fourth-order valence-corrected chi connectivity index (χ4v) is 1.75. The molecule has 0 saturated heterocycles. The van der Waals surface area contributed by atoms with Crippen molar-refractivity contribution in [1.82, 2.24) is 0 Å². The molecule has 0 spiro atoms. The van der Waals surface area contributed by atoms with Gasteiger partial charge in [-0.05, 0) is 30.7 Å². The molecule has 19 heavy (non-hydrogen) atoms. The number of hydrogen-bond acceptors (Lipinski definition) is 2. The van der Waals surface area contributed by atoms with E-state index in [-0.39, 0.29) is 18.3 Å². The van der Waals surface area contributed by atoms with Crippen LogP contribution in [0.3, 0.4) is 0 Å². The molecular weight excluding hydrogens is 243 g/mol. The molecular formula is C15H15FN2O. The Morgan fingerprint density at radius 1 is 1.11 bits per heavy atom. The normalized spacial score (nSPS) is 10.0. The third kappa shape index (κ3) is 3.55. The number of carbonyl (C=O) groups is 1. The first-order valence-electron chi connectivity index (χ1n) is 6.00. The molecule has 0 fully saturated rings. The molecule has 0 radical (unpaired) electrons. The lowest BCUT2D eigenvalue weighted by Gasteiger charge is -2.10. The summed E-state index contributed by atoms with van der Waals surface area (Å²) in [6.07, 6.45) is 0. The first-order chi connectivity index (χ1) is 9.16. The SMILES string of the molecule is Cc1cccc(F)c1NCC(=O)Nc1ccccc1. The largest absolute Gasteiger partial charge is 0.374 e. The first-order valence-corrected chi connectivity index (χ1v) is 6.00. The second-order valence-electron chi connectivity index (χ2n) is 4.20. The Morgan fingerprint density at radius 3 is 2.53 bits per heavy atom. The highest BCUT2D eigenvalue weighted by molar-refractivity contribution is 5.93. The predicted octanol–water partition coefficient (Wildman–Crippen LogP) is 3.18. The Bertz CT molecular complexity index is 549. The van der Waals surface area contributed by atoms with Gasteiger partial charge < -0.3 is 10.6 Å². The molecule has 0 aromatic heterocycles. The summed E-state index contributed by atoms with van der Waals surface area (Å²) in [6, 6.07) is 13.9. The minimum Gasteiger partial charge on any atom is -0.374 e. The summed E-state index contributed by atoms with van der Waals surface area (Å²) in [5.74, 6) is -0.568. The Kier molecular flexibility index (Phi) is 4.13. The molecule has 2 rings (SSSR count). The fourth-order valence-electron chi connectivity index (χ4n) is 1.75. The maximum atomic E-state index is 13.5. The zero-order chi connectivity index (χ0) is 13.7. The van der Waals surface area contributed by atoms with E-state index in [0.29, 0.717) is 5.69 Å². The summed E-state index contributed by atoms with van der Waals surface area (Å²) in [7, 11) is 0. The average Bonchev–Trinajstić information content (AvgIpc) is 2.39. The molecule has 0 atom stereocenters. The number of amides is 1. The number of rotatable bonds is 4. The minimum absolute atomic E-state index is 0.0245. The molecule has 98 valence electrons. The van der Waals surface area contributed by atoms with Crippen molar-refractivity contribution in [1.29, 1.82) is 0 Å². The Hall–Kier alpha value is -2.36. The van der Waals surface area contributed by atoms with Gasteiger partial charge in [-0.25, -0.2) is 4.39 Å². The second kappa shape index (κ2) is 6.00. The predicted molar refractivity (Wildman–Crippen MR) is 74.7 cm³/mol. The van der Waals surface area contributed by atoms with Gasteiger partial charge >= 0.3 is 0 Å². The van der Waals surface area contributed by atoms with Crippen LogP contribution in [0.1, 0.15) is 5.56 Å². The van der Waals surface area contributed by atoms with E-state index >= 15 is 0 Å². The molecule has 2 aromatic rings. The van der Waals surface area contributed by atoms with Gasteiger partial charge in [-0.3, -0.25) is 4.79 Å². The van der Waals surface area contributed by atoms with E-state index in [0.717, 1.165) is 11.3 Å². The van der Waals surface area contributed by atoms with Gasteiger partial charge in [-0.15, -0.1) is 0 Å². The Balaban J connectivity index is 1.94. The molecule has 0 aliphatic rings. The van der Waals surface area contributed by atoms with Gasteiger partial charge in [0.2, 0.25) is 5.91 Å². The first kappa shape index (κ1) is 13.1. The van der Waals surface area contributed by atoms with Crippen LogP contribution >= 0.6 is 0 Å². The molecule has 0 unspecified atom stereocenters. The smallest absolute Gasteiger partial charge is 0.243 e. The number of aryl methyl sites for hydroxylation is 1. The van der Waals surface area contributed by atoms with E-state index in [1.54, 1.807) is 31.2 Å². The third-order valence-electron chi connectivity index (χ3n) is 2.71. The van der Waals surface area contributed by atoms with E-state index in [9.17, 15) is 9.18 Å². The monoisotopic (exact) mass is 258 g/mol. The number of halogens is 1. The number of nitrogens with one attached hydrogen (secondary N) is 2. The standard InChI is InChI=1S/C15H15FN2O/c1-11-6-5-9-13(16)15(11)17-10-14(19)18-12-7-3-2-4-8-12/h2-9,17H,10H2,1H3,(H,18,19). The number of benzene rings is 2. The van der Waals surface area contributed by atoms with E-state index in [1.807, 2.05) is 18.2 Å². The van der Waals surface area contributed by atoms with Gasteiger partial charge in [-0.1, -0.05) is 30.3 Å². The highest BCUT2D eigenvalue weighted by atomic mass is 19.1. The zero-order valence-corrected chi connectivity index (χ0v) is 10.6. The van der Waals surface area contributed by atoms with Gasteiger partial charge in [0.15, 0.2) is 0 Å². The second-order valence-corrected chi connectivity index (χ2v) is 4.20. The zero-order valence-electron chi connectivity index (χ0n) is 10.6. The van der Waals surface area contributed by atoms with Gasteiger partial charge in [0, 0.05) is 5.69 Å². The van der Waals surface area contributed by atoms with Crippen molar-refractivity contribution in [2.75, 3.05) is 17.2 Å². The lowest BCUT2D eigenvalue weighted by Crippen LogP contribution is -2.22. The molecule has 4 heteroatoms. The van der Waals surface area contributed by atoms with Crippen LogP contribution in [0.4, 0.5) is 15.8 Å². The molecule has 0 aliphatic carbocycles. The summed E-state index contributed by atoms with van der Waals surface area (Å²) in [5.41, 5.74) is 1.86. The van der Waals surface area contributed by atoms with Crippen molar-refractivity contribution in [2.45, 2.75) is 6.92 Å². The minimum atomic E-state index is -0.354. The molecule has 2 aromatic carbocycles. The molecule has 0 heterocycles. The lowest BCUT2D eigenvalue weighted by molar-refractivity contribution is -0.114. The van der Waals surface area contributed by atoms with E-state index in [1.165, 1.54) is 6.07 Å². The van der Waals surface area contributed by atoms with E-state index < -0.39 is 0 Å². The van der Waals surface area contributed by atoms with Gasteiger partial charge in [0.05, 0.1) is 12.2 Å². The van der Waals surface area contributed by atoms with Crippen molar-refractivity contribution in [3.05, 3.63) is 59.9 Å². The summed E-state index contributed by atoms with van der Waals surface area (Å²) in [6.45, 7) is 1.82. The summed E-state index contributed by atoms with van der Waals surface area (Å²) >= 11 is 0. The summed E-state index contributed by atoms with van der Waals surface area (Å²) in [4.78, 5) is 11.7. The molecule has 0 bridgehead atoms. The van der Waals surface area contributed by atoms with Crippen LogP contribution in [0, 0.1) is 12.7 Å². The summed E-state index contributed by atoms with van der Waals surface area (Å²) < 4.78 is 13.5. The van der Waals surface area contributed by atoms with Crippen molar-refractivity contribution < 1.29 is 9.18 Å². The van der Waals surface area contributed by atoms with Crippen LogP contribution in [0.2, 0.25) is 0 Å². The van der Waals surface area contributed by atoms with Crippen LogP contribution in [0.5, 0.6) is 0 Å². The number of carbonyl (C=O) groups excluding carboxylic acids is 1. The lowest BCUT2D eigenvalue weighted by atomic mass is 10.2. The molecule has 1 amide bonds. The number of hydrogen-bond donors (Lipinski definition) is 2. The number of para-hydroxylation sites is 2. The van der Waals surface area contributed by atoms with Crippen LogP contribution < -0.4 is 10.6 Å². The quantitative estimate of drug-likeness (QED) is 0.884.